The van der Waals surface area contributed by atoms with Gasteiger partial charge in [-0.25, -0.2) is 9.78 Å². The third-order valence-corrected chi connectivity index (χ3v) is 4.32. The first-order valence-corrected chi connectivity index (χ1v) is 7.76. The van der Waals surface area contributed by atoms with Crippen LogP contribution in [0.1, 0.15) is 53.5 Å². The van der Waals surface area contributed by atoms with Crippen LogP contribution in [0.4, 0.5) is 13.2 Å². The van der Waals surface area contributed by atoms with Crippen molar-refractivity contribution in [2.24, 2.45) is 0 Å². The molecule has 24 heavy (non-hydrogen) atoms. The van der Waals surface area contributed by atoms with E-state index in [9.17, 15) is 18.0 Å². The highest BCUT2D eigenvalue weighted by Crippen LogP contribution is 2.38. The number of benzene rings is 1. The second-order valence-electron chi connectivity index (χ2n) is 5.84. The van der Waals surface area contributed by atoms with Gasteiger partial charge in [-0.1, -0.05) is 25.0 Å². The van der Waals surface area contributed by atoms with Crippen LogP contribution < -0.4 is 0 Å². The number of methoxy groups -OCH3 is 1. The molecule has 0 spiro atoms. The number of alkyl halides is 3. The molecule has 128 valence electrons. The fourth-order valence-corrected chi connectivity index (χ4v) is 3.19. The third kappa shape index (κ3) is 3.02. The summed E-state index contributed by atoms with van der Waals surface area (Å²) in [7, 11) is 1.22. The maximum atomic E-state index is 13.3. The number of carbonyl (C=O) groups is 1. The molecule has 1 heterocycles. The summed E-state index contributed by atoms with van der Waals surface area (Å²) in [6.45, 7) is 0. The van der Waals surface area contributed by atoms with Crippen LogP contribution in [0.25, 0.3) is 5.69 Å². The summed E-state index contributed by atoms with van der Waals surface area (Å²) in [5.74, 6) is -0.119. The monoisotopic (exact) mass is 338 g/mol. The van der Waals surface area contributed by atoms with Crippen LogP contribution in [0.15, 0.2) is 30.5 Å². The van der Waals surface area contributed by atoms with Gasteiger partial charge >= 0.3 is 12.1 Å². The van der Waals surface area contributed by atoms with Gasteiger partial charge in [0, 0.05) is 12.1 Å². The summed E-state index contributed by atoms with van der Waals surface area (Å²) >= 11 is 0. The highest BCUT2D eigenvalue weighted by molar-refractivity contribution is 5.87. The number of para-hydroxylation sites is 1. The molecule has 1 aliphatic carbocycles. The topological polar surface area (TPSA) is 44.1 Å². The molecule has 1 aromatic heterocycles. The maximum Gasteiger partial charge on any atom is 0.418 e. The van der Waals surface area contributed by atoms with Crippen molar-refractivity contribution < 1.29 is 22.7 Å². The summed E-state index contributed by atoms with van der Waals surface area (Å²) in [5.41, 5.74) is -0.746. The highest BCUT2D eigenvalue weighted by atomic mass is 19.4. The minimum absolute atomic E-state index is 0.0189. The van der Waals surface area contributed by atoms with E-state index >= 15 is 0 Å². The molecule has 0 bridgehead atoms. The number of rotatable bonds is 3. The van der Waals surface area contributed by atoms with Gasteiger partial charge in [0.25, 0.3) is 0 Å². The average Bonchev–Trinajstić information content (AvgIpc) is 3.22. The van der Waals surface area contributed by atoms with Crippen LogP contribution in [0.3, 0.4) is 0 Å². The molecule has 1 aromatic carbocycles. The van der Waals surface area contributed by atoms with Crippen molar-refractivity contribution >= 4 is 5.97 Å². The molecule has 0 N–H and O–H groups in total. The Morgan fingerprint density at radius 1 is 1.25 bits per heavy atom. The van der Waals surface area contributed by atoms with Crippen molar-refractivity contribution in [3.63, 3.8) is 0 Å². The molecule has 0 radical (unpaired) electrons. The Bertz CT molecular complexity index is 747. The van der Waals surface area contributed by atoms with Crippen LogP contribution in [-0.4, -0.2) is 22.6 Å². The first kappa shape index (κ1) is 16.5. The van der Waals surface area contributed by atoms with Gasteiger partial charge in [0.1, 0.15) is 5.82 Å². The Labute approximate surface area is 137 Å². The zero-order valence-electron chi connectivity index (χ0n) is 13.1. The zero-order chi connectivity index (χ0) is 17.3. The quantitative estimate of drug-likeness (QED) is 0.782. The molecule has 0 unspecified atom stereocenters. The Morgan fingerprint density at radius 2 is 1.92 bits per heavy atom. The van der Waals surface area contributed by atoms with E-state index < -0.39 is 17.7 Å². The number of carbonyl (C=O) groups excluding carboxylic acids is 1. The van der Waals surface area contributed by atoms with E-state index in [1.165, 1.54) is 30.0 Å². The molecular formula is C17H17F3N2O2. The summed E-state index contributed by atoms with van der Waals surface area (Å²) < 4.78 is 46.1. The van der Waals surface area contributed by atoms with Crippen molar-refractivity contribution in [3.8, 4) is 5.69 Å². The molecule has 2 aromatic rings. The van der Waals surface area contributed by atoms with Crippen molar-refractivity contribution in [2.75, 3.05) is 7.11 Å². The van der Waals surface area contributed by atoms with Crippen molar-refractivity contribution in [1.29, 1.82) is 0 Å². The molecule has 0 saturated heterocycles. The number of halogens is 3. The lowest BCUT2D eigenvalue weighted by atomic mass is 10.1. The number of esters is 1. The number of ether oxygens (including phenoxy) is 1. The normalized spacial score (nSPS) is 15.7. The van der Waals surface area contributed by atoms with Gasteiger partial charge in [0.15, 0.2) is 5.69 Å². The van der Waals surface area contributed by atoms with Crippen LogP contribution in [0, 0.1) is 0 Å². The van der Waals surface area contributed by atoms with Crippen LogP contribution in [-0.2, 0) is 10.9 Å². The summed E-state index contributed by atoms with van der Waals surface area (Å²) in [5, 5.41) is 0. The number of hydrogen-bond donors (Lipinski definition) is 0. The Balaban J connectivity index is 2.16. The van der Waals surface area contributed by atoms with E-state index in [4.69, 9.17) is 0 Å². The lowest BCUT2D eigenvalue weighted by molar-refractivity contribution is -0.137. The third-order valence-electron chi connectivity index (χ3n) is 4.32. The van der Waals surface area contributed by atoms with Crippen molar-refractivity contribution in [1.82, 2.24) is 9.55 Å². The van der Waals surface area contributed by atoms with Crippen LogP contribution >= 0.6 is 0 Å². The highest BCUT2D eigenvalue weighted by Gasteiger charge is 2.35. The smallest absolute Gasteiger partial charge is 0.418 e. The first-order chi connectivity index (χ1) is 11.4. The number of nitrogens with zero attached hydrogens (tertiary/aromatic N) is 2. The summed E-state index contributed by atoms with van der Waals surface area (Å²) in [4.78, 5) is 16.1. The Kier molecular flexibility index (Phi) is 4.34. The molecule has 4 nitrogen and oxygen atoms in total. The van der Waals surface area contributed by atoms with Crippen LogP contribution in [0.2, 0.25) is 0 Å². The summed E-state index contributed by atoms with van der Waals surface area (Å²) in [6, 6.07) is 5.32. The fourth-order valence-electron chi connectivity index (χ4n) is 3.19. The molecular weight excluding hydrogens is 321 g/mol. The maximum absolute atomic E-state index is 13.3. The number of imidazole rings is 1. The van der Waals surface area contributed by atoms with Gasteiger partial charge in [-0.3, -0.25) is 0 Å². The first-order valence-electron chi connectivity index (χ1n) is 7.76. The van der Waals surface area contributed by atoms with Crippen molar-refractivity contribution in [3.05, 3.63) is 47.5 Å². The van der Waals surface area contributed by atoms with Gasteiger partial charge in [0.05, 0.1) is 18.4 Å². The molecule has 1 aliphatic rings. The molecule has 0 aliphatic heterocycles. The lowest BCUT2D eigenvalue weighted by Crippen LogP contribution is -2.13. The molecule has 7 heteroatoms. The zero-order valence-corrected chi connectivity index (χ0v) is 13.1. The van der Waals surface area contributed by atoms with Gasteiger partial charge in [0.2, 0.25) is 0 Å². The molecule has 3 rings (SSSR count). The van der Waals surface area contributed by atoms with Gasteiger partial charge in [-0.2, -0.15) is 13.2 Å². The molecule has 1 fully saturated rings. The molecule has 1 saturated carbocycles. The summed E-state index contributed by atoms with van der Waals surface area (Å²) in [6.07, 6.45) is 0.568. The SMILES string of the molecule is COC(=O)c1cn(-c2ccccc2C(F)(F)F)c(C2CCCC2)n1. The number of aromatic nitrogens is 2. The van der Waals surface area contributed by atoms with E-state index in [2.05, 4.69) is 9.72 Å². The van der Waals surface area contributed by atoms with E-state index in [0.717, 1.165) is 31.7 Å². The number of hydrogen-bond acceptors (Lipinski definition) is 3. The minimum atomic E-state index is -4.49. The molecule has 0 amide bonds. The largest absolute Gasteiger partial charge is 0.464 e. The van der Waals surface area contributed by atoms with Crippen LogP contribution in [0.5, 0.6) is 0 Å². The Hall–Kier alpha value is -2.31. The minimum Gasteiger partial charge on any atom is -0.464 e. The second kappa shape index (κ2) is 6.30. The Morgan fingerprint density at radius 3 is 2.54 bits per heavy atom. The van der Waals surface area contributed by atoms with Gasteiger partial charge in [-0.15, -0.1) is 0 Å². The molecule has 0 atom stereocenters. The van der Waals surface area contributed by atoms with E-state index in [1.807, 2.05) is 0 Å². The predicted octanol–water partition coefficient (Wildman–Crippen LogP) is 4.34. The average molecular weight is 338 g/mol. The van der Waals surface area contributed by atoms with E-state index in [1.54, 1.807) is 6.07 Å². The van der Waals surface area contributed by atoms with Gasteiger partial charge in [-0.05, 0) is 25.0 Å². The van der Waals surface area contributed by atoms with Gasteiger partial charge < -0.3 is 9.30 Å². The fraction of sp³-hybridized carbons (Fsp3) is 0.412. The van der Waals surface area contributed by atoms with E-state index in [-0.39, 0.29) is 17.3 Å². The lowest BCUT2D eigenvalue weighted by Gasteiger charge is -2.17. The second-order valence-corrected chi connectivity index (χ2v) is 5.84. The van der Waals surface area contributed by atoms with Crippen molar-refractivity contribution in [2.45, 2.75) is 37.8 Å². The standard InChI is InChI=1S/C17H17F3N2O2/c1-24-16(23)13-10-22(15(21-13)11-6-2-3-7-11)14-9-5-4-8-12(14)17(18,19)20/h4-5,8-11H,2-3,6-7H2,1H3. The predicted molar refractivity (Wildman–Crippen MR) is 81.1 cm³/mol. The van der Waals surface area contributed by atoms with E-state index in [0.29, 0.717) is 5.82 Å².